The van der Waals surface area contributed by atoms with Gasteiger partial charge >= 0.3 is 0 Å². The van der Waals surface area contributed by atoms with Crippen LogP contribution < -0.4 is 5.32 Å². The van der Waals surface area contributed by atoms with Crippen LogP contribution in [0.2, 0.25) is 0 Å². The second kappa shape index (κ2) is 6.50. The molecule has 3 heterocycles. The zero-order valence-corrected chi connectivity index (χ0v) is 13.6. The number of imidazole rings is 1. The van der Waals surface area contributed by atoms with Crippen LogP contribution in [0.3, 0.4) is 0 Å². The molecular formula is C17H22N4O2. The summed E-state index contributed by atoms with van der Waals surface area (Å²) in [4.78, 5) is 24.6. The topological polar surface area (TPSA) is 79.9 Å². The molecule has 1 fully saturated rings. The van der Waals surface area contributed by atoms with E-state index >= 15 is 0 Å². The summed E-state index contributed by atoms with van der Waals surface area (Å²) in [7, 11) is 0. The van der Waals surface area contributed by atoms with E-state index in [0.29, 0.717) is 31.7 Å². The highest BCUT2D eigenvalue weighted by molar-refractivity contribution is 5.93. The molecule has 122 valence electrons. The van der Waals surface area contributed by atoms with E-state index in [9.17, 15) is 4.79 Å². The number of aromatic nitrogens is 3. The van der Waals surface area contributed by atoms with Crippen molar-refractivity contribution in [3.63, 3.8) is 0 Å². The highest BCUT2D eigenvalue weighted by Crippen LogP contribution is 2.30. The van der Waals surface area contributed by atoms with E-state index in [2.05, 4.69) is 27.2 Å². The Bertz CT molecular complexity index is 689. The Morgan fingerprint density at radius 1 is 1.39 bits per heavy atom. The molecule has 0 spiro atoms. The molecule has 0 saturated carbocycles. The Morgan fingerprint density at radius 2 is 2.17 bits per heavy atom. The lowest BCUT2D eigenvalue weighted by molar-refractivity contribution is 0.0315. The Balaban J connectivity index is 1.87. The number of carbonyl (C=O) groups is 1. The van der Waals surface area contributed by atoms with Gasteiger partial charge in [0.25, 0.3) is 5.91 Å². The molecule has 2 aromatic heterocycles. The first-order valence-corrected chi connectivity index (χ1v) is 8.00. The summed E-state index contributed by atoms with van der Waals surface area (Å²) in [5, 5.41) is 3.15. The predicted octanol–water partition coefficient (Wildman–Crippen LogP) is 2.11. The van der Waals surface area contributed by atoms with Gasteiger partial charge in [-0.2, -0.15) is 0 Å². The van der Waals surface area contributed by atoms with Crippen molar-refractivity contribution in [1.29, 1.82) is 0 Å². The first-order valence-electron chi connectivity index (χ1n) is 8.00. The highest BCUT2D eigenvalue weighted by Gasteiger charge is 2.39. The molecule has 0 atom stereocenters. The number of nitrogens with zero attached hydrogens (tertiary/aromatic N) is 2. The van der Waals surface area contributed by atoms with Crippen LogP contribution in [0.1, 0.15) is 47.3 Å². The lowest BCUT2D eigenvalue weighted by Gasteiger charge is -2.36. The van der Waals surface area contributed by atoms with Crippen LogP contribution in [0.15, 0.2) is 24.5 Å². The van der Waals surface area contributed by atoms with Crippen LogP contribution in [0.25, 0.3) is 0 Å². The fraction of sp³-hybridized carbons (Fsp3) is 0.471. The highest BCUT2D eigenvalue weighted by atomic mass is 16.5. The number of carbonyl (C=O) groups excluding carboxylic acids is 1. The smallest absolute Gasteiger partial charge is 0.270 e. The average Bonchev–Trinajstić information content (AvgIpc) is 3.03. The standard InChI is InChI=1S/C17H22N4O2/c1-3-13-4-7-18-14(10-13)15(22)21-17(5-8-23-9-6-17)16-19-11-12(2)20-16/h4,7,10-11H,3,5-6,8-9H2,1-2H3,(H,19,20)(H,21,22). The van der Waals surface area contributed by atoms with Crippen LogP contribution in [0.4, 0.5) is 0 Å². The monoisotopic (exact) mass is 314 g/mol. The maximum Gasteiger partial charge on any atom is 0.270 e. The second-order valence-electron chi connectivity index (χ2n) is 5.97. The lowest BCUT2D eigenvalue weighted by atomic mass is 9.88. The molecule has 2 N–H and O–H groups in total. The number of amides is 1. The first kappa shape index (κ1) is 15.7. The molecule has 6 nitrogen and oxygen atoms in total. The SMILES string of the molecule is CCc1ccnc(C(=O)NC2(c3ncc(C)[nH]3)CCOCC2)c1. The number of hydrogen-bond acceptors (Lipinski definition) is 4. The quantitative estimate of drug-likeness (QED) is 0.906. The zero-order valence-electron chi connectivity index (χ0n) is 13.6. The zero-order chi connectivity index (χ0) is 16.3. The van der Waals surface area contributed by atoms with Gasteiger partial charge in [-0.3, -0.25) is 9.78 Å². The Labute approximate surface area is 135 Å². The van der Waals surface area contributed by atoms with Crippen LogP contribution in [-0.2, 0) is 16.7 Å². The number of ether oxygens (including phenoxy) is 1. The third-order valence-corrected chi connectivity index (χ3v) is 4.32. The first-order chi connectivity index (χ1) is 11.1. The van der Waals surface area contributed by atoms with Gasteiger partial charge in [-0.05, 0) is 31.0 Å². The normalized spacial score (nSPS) is 17.0. The molecule has 23 heavy (non-hydrogen) atoms. The van der Waals surface area contributed by atoms with E-state index in [-0.39, 0.29) is 5.91 Å². The maximum absolute atomic E-state index is 12.7. The Morgan fingerprint density at radius 3 is 2.83 bits per heavy atom. The minimum atomic E-state index is -0.520. The van der Waals surface area contributed by atoms with Crippen molar-refractivity contribution in [2.24, 2.45) is 0 Å². The van der Waals surface area contributed by atoms with Gasteiger partial charge in [0.1, 0.15) is 17.1 Å². The van der Waals surface area contributed by atoms with E-state index in [0.717, 1.165) is 23.5 Å². The van der Waals surface area contributed by atoms with Crippen LogP contribution in [-0.4, -0.2) is 34.1 Å². The number of H-pyrrole nitrogens is 1. The molecule has 1 amide bonds. The molecule has 1 saturated heterocycles. The molecule has 3 rings (SSSR count). The van der Waals surface area contributed by atoms with Crippen molar-refractivity contribution in [2.45, 2.75) is 38.6 Å². The molecule has 6 heteroatoms. The van der Waals surface area contributed by atoms with Crippen LogP contribution in [0, 0.1) is 6.92 Å². The molecule has 0 bridgehead atoms. The number of hydrogen-bond donors (Lipinski definition) is 2. The summed E-state index contributed by atoms with van der Waals surface area (Å²) >= 11 is 0. The van der Waals surface area contributed by atoms with Gasteiger partial charge in [0.05, 0.1) is 0 Å². The summed E-state index contributed by atoms with van der Waals surface area (Å²) in [6.45, 7) is 5.21. The number of aryl methyl sites for hydroxylation is 2. The summed E-state index contributed by atoms with van der Waals surface area (Å²) in [5.74, 6) is 0.620. The Hall–Kier alpha value is -2.21. The van der Waals surface area contributed by atoms with E-state index in [1.54, 1.807) is 12.4 Å². The van der Waals surface area contributed by atoms with Crippen molar-refractivity contribution in [1.82, 2.24) is 20.3 Å². The van der Waals surface area contributed by atoms with Crippen molar-refractivity contribution in [3.8, 4) is 0 Å². The molecule has 2 aromatic rings. The number of aromatic amines is 1. The average molecular weight is 314 g/mol. The van der Waals surface area contributed by atoms with Gasteiger partial charge in [0.15, 0.2) is 0 Å². The van der Waals surface area contributed by atoms with Crippen molar-refractivity contribution in [2.75, 3.05) is 13.2 Å². The Kier molecular flexibility index (Phi) is 4.43. The van der Waals surface area contributed by atoms with E-state index in [4.69, 9.17) is 4.74 Å². The van der Waals surface area contributed by atoms with Crippen molar-refractivity contribution >= 4 is 5.91 Å². The molecule has 0 unspecified atom stereocenters. The summed E-state index contributed by atoms with van der Waals surface area (Å²) in [5.41, 5.74) is 2.00. The second-order valence-corrected chi connectivity index (χ2v) is 5.97. The van der Waals surface area contributed by atoms with E-state index < -0.39 is 5.54 Å². The van der Waals surface area contributed by atoms with Gasteiger partial charge in [0.2, 0.25) is 0 Å². The maximum atomic E-state index is 12.7. The molecule has 0 aliphatic carbocycles. The largest absolute Gasteiger partial charge is 0.381 e. The van der Waals surface area contributed by atoms with Crippen molar-refractivity contribution in [3.05, 3.63) is 47.3 Å². The summed E-state index contributed by atoms with van der Waals surface area (Å²) in [6, 6.07) is 3.77. The predicted molar refractivity (Wildman–Crippen MR) is 86.1 cm³/mol. The van der Waals surface area contributed by atoms with Crippen molar-refractivity contribution < 1.29 is 9.53 Å². The molecule has 0 aromatic carbocycles. The van der Waals surface area contributed by atoms with Crippen LogP contribution >= 0.6 is 0 Å². The molecule has 1 aliphatic rings. The fourth-order valence-electron chi connectivity index (χ4n) is 2.90. The van der Waals surface area contributed by atoms with Gasteiger partial charge in [-0.25, -0.2) is 4.98 Å². The lowest BCUT2D eigenvalue weighted by Crippen LogP contribution is -2.50. The fourth-order valence-corrected chi connectivity index (χ4v) is 2.90. The minimum Gasteiger partial charge on any atom is -0.381 e. The van der Waals surface area contributed by atoms with Gasteiger partial charge in [-0.1, -0.05) is 6.92 Å². The van der Waals surface area contributed by atoms with E-state index in [1.165, 1.54) is 0 Å². The van der Waals surface area contributed by atoms with Gasteiger partial charge < -0.3 is 15.0 Å². The third kappa shape index (κ3) is 3.27. The summed E-state index contributed by atoms with van der Waals surface area (Å²) in [6.07, 6.45) is 5.73. The third-order valence-electron chi connectivity index (χ3n) is 4.32. The van der Waals surface area contributed by atoms with E-state index in [1.807, 2.05) is 19.1 Å². The molecule has 1 aliphatic heterocycles. The molecule has 0 radical (unpaired) electrons. The molecular weight excluding hydrogens is 292 g/mol. The summed E-state index contributed by atoms with van der Waals surface area (Å²) < 4.78 is 5.47. The van der Waals surface area contributed by atoms with Crippen LogP contribution in [0.5, 0.6) is 0 Å². The van der Waals surface area contributed by atoms with Gasteiger partial charge in [0, 0.05) is 44.1 Å². The minimum absolute atomic E-state index is 0.170. The number of nitrogens with one attached hydrogen (secondary N) is 2. The van der Waals surface area contributed by atoms with Gasteiger partial charge in [-0.15, -0.1) is 0 Å². The number of rotatable bonds is 4. The number of pyridine rings is 1.